The maximum atomic E-state index is 13.8. The van der Waals surface area contributed by atoms with Crippen molar-refractivity contribution in [3.05, 3.63) is 59.9 Å². The van der Waals surface area contributed by atoms with Gasteiger partial charge in [0.15, 0.2) is 0 Å². The number of nitrogens with zero attached hydrogens (tertiary/aromatic N) is 1. The van der Waals surface area contributed by atoms with Crippen molar-refractivity contribution in [2.75, 3.05) is 33.4 Å². The molecule has 1 unspecified atom stereocenters. The predicted molar refractivity (Wildman–Crippen MR) is 133 cm³/mol. The first-order valence-corrected chi connectivity index (χ1v) is 12.6. The van der Waals surface area contributed by atoms with Gasteiger partial charge in [0.2, 0.25) is 0 Å². The molecule has 0 aromatic heterocycles. The largest absolute Gasteiger partial charge is 0.457 e. The first kappa shape index (κ1) is 27.0. The number of unbranched alkanes of at least 4 members (excludes halogenated alkanes) is 2. The molecule has 35 heavy (non-hydrogen) atoms. The van der Waals surface area contributed by atoms with Crippen molar-refractivity contribution in [1.82, 2.24) is 4.90 Å². The number of piperidine rings is 1. The standard InChI is InChI=1S/C28H38FNO5/c1-3-4-19-34-27(31)30-17-10-11-22(21-30)28(32,16-7-8-18-33-2)25-14-5-6-15-26(25)35-24-13-9-12-23(29)20-24/h5-6,9,12-15,20,22,32H,3-4,7-8,10-11,16-19,21H2,1-2H3/t22?,28-/m0/s1. The van der Waals surface area contributed by atoms with Crippen LogP contribution in [0.3, 0.4) is 0 Å². The number of ether oxygens (including phenoxy) is 3. The van der Waals surface area contributed by atoms with Crippen molar-refractivity contribution in [1.29, 1.82) is 0 Å². The van der Waals surface area contributed by atoms with Crippen LogP contribution < -0.4 is 4.74 Å². The Balaban J connectivity index is 1.87. The summed E-state index contributed by atoms with van der Waals surface area (Å²) in [5.74, 6) is 0.257. The maximum absolute atomic E-state index is 13.8. The number of carbonyl (C=O) groups excluding carboxylic acids is 1. The van der Waals surface area contributed by atoms with Crippen LogP contribution in [0.2, 0.25) is 0 Å². The van der Waals surface area contributed by atoms with Crippen LogP contribution in [-0.2, 0) is 15.1 Å². The van der Waals surface area contributed by atoms with Crippen LogP contribution in [0.1, 0.15) is 57.4 Å². The van der Waals surface area contributed by atoms with Gasteiger partial charge in [-0.15, -0.1) is 0 Å². The maximum Gasteiger partial charge on any atom is 0.409 e. The fraction of sp³-hybridized carbons (Fsp3) is 0.536. The highest BCUT2D eigenvalue weighted by Gasteiger charge is 2.43. The topological polar surface area (TPSA) is 68.2 Å². The number of hydrogen-bond donors (Lipinski definition) is 1. The van der Waals surface area contributed by atoms with E-state index in [4.69, 9.17) is 14.2 Å². The summed E-state index contributed by atoms with van der Waals surface area (Å²) in [4.78, 5) is 14.4. The molecule has 0 spiro atoms. The monoisotopic (exact) mass is 487 g/mol. The van der Waals surface area contributed by atoms with E-state index in [9.17, 15) is 14.3 Å². The summed E-state index contributed by atoms with van der Waals surface area (Å²) in [7, 11) is 1.66. The molecule has 1 fully saturated rings. The van der Waals surface area contributed by atoms with Crippen LogP contribution in [0, 0.1) is 11.7 Å². The van der Waals surface area contributed by atoms with Gasteiger partial charge in [-0.2, -0.15) is 0 Å². The fourth-order valence-electron chi connectivity index (χ4n) is 4.70. The molecule has 1 aliphatic rings. The van der Waals surface area contributed by atoms with Gasteiger partial charge in [0.25, 0.3) is 0 Å². The number of rotatable bonds is 12. The number of halogens is 1. The zero-order valence-corrected chi connectivity index (χ0v) is 20.9. The normalized spacial score (nSPS) is 17.6. The third-order valence-electron chi connectivity index (χ3n) is 6.61. The fourth-order valence-corrected chi connectivity index (χ4v) is 4.70. The number of likely N-dealkylation sites (tertiary alicyclic amines) is 1. The second kappa shape index (κ2) is 13.4. The average molecular weight is 488 g/mol. The second-order valence-corrected chi connectivity index (χ2v) is 9.18. The van der Waals surface area contributed by atoms with Crippen molar-refractivity contribution < 1.29 is 28.5 Å². The first-order chi connectivity index (χ1) is 17.0. The van der Waals surface area contributed by atoms with Crippen LogP contribution >= 0.6 is 0 Å². The van der Waals surface area contributed by atoms with Gasteiger partial charge in [0, 0.05) is 44.4 Å². The number of aliphatic hydroxyl groups is 1. The molecule has 7 heteroatoms. The van der Waals surface area contributed by atoms with Gasteiger partial charge in [0.05, 0.1) is 12.2 Å². The third-order valence-corrected chi connectivity index (χ3v) is 6.61. The lowest BCUT2D eigenvalue weighted by molar-refractivity contribution is -0.0611. The molecule has 1 N–H and O–H groups in total. The summed E-state index contributed by atoms with van der Waals surface area (Å²) < 4.78 is 30.5. The third kappa shape index (κ3) is 7.42. The summed E-state index contributed by atoms with van der Waals surface area (Å²) in [5.41, 5.74) is -0.590. The van der Waals surface area contributed by atoms with Gasteiger partial charge in [0.1, 0.15) is 17.3 Å². The lowest BCUT2D eigenvalue weighted by Gasteiger charge is -2.43. The van der Waals surface area contributed by atoms with E-state index in [2.05, 4.69) is 6.92 Å². The van der Waals surface area contributed by atoms with Gasteiger partial charge < -0.3 is 24.2 Å². The molecule has 2 aromatic rings. The second-order valence-electron chi connectivity index (χ2n) is 9.18. The molecule has 192 valence electrons. The van der Waals surface area contributed by atoms with Crippen molar-refractivity contribution in [3.8, 4) is 11.5 Å². The lowest BCUT2D eigenvalue weighted by atomic mass is 9.73. The molecule has 0 saturated carbocycles. The first-order valence-electron chi connectivity index (χ1n) is 12.6. The molecule has 3 rings (SSSR count). The zero-order valence-electron chi connectivity index (χ0n) is 20.9. The minimum absolute atomic E-state index is 0.199. The number of carbonyl (C=O) groups is 1. The predicted octanol–water partition coefficient (Wildman–Crippen LogP) is 6.27. The van der Waals surface area contributed by atoms with E-state index in [-0.39, 0.29) is 17.8 Å². The van der Waals surface area contributed by atoms with Gasteiger partial charge in [-0.3, -0.25) is 0 Å². The van der Waals surface area contributed by atoms with Crippen molar-refractivity contribution >= 4 is 6.09 Å². The number of para-hydroxylation sites is 1. The van der Waals surface area contributed by atoms with Crippen LogP contribution in [0.4, 0.5) is 9.18 Å². The zero-order chi connectivity index (χ0) is 25.1. The van der Waals surface area contributed by atoms with E-state index in [1.54, 1.807) is 30.2 Å². The number of hydrogen-bond acceptors (Lipinski definition) is 5. The molecule has 1 saturated heterocycles. The van der Waals surface area contributed by atoms with Gasteiger partial charge in [-0.25, -0.2) is 9.18 Å². The Labute approximate surface area is 208 Å². The Morgan fingerprint density at radius 1 is 1.14 bits per heavy atom. The van der Waals surface area contributed by atoms with Gasteiger partial charge in [-0.1, -0.05) is 37.6 Å². The van der Waals surface area contributed by atoms with Crippen molar-refractivity contribution in [2.24, 2.45) is 5.92 Å². The number of amides is 1. The van der Waals surface area contributed by atoms with Crippen LogP contribution in [0.15, 0.2) is 48.5 Å². The van der Waals surface area contributed by atoms with E-state index in [0.29, 0.717) is 49.8 Å². The SMILES string of the molecule is CCCCOC(=O)N1CCCC([C@@](O)(CCCCOC)c2ccccc2Oc2cccc(F)c2)C1. The van der Waals surface area contributed by atoms with Gasteiger partial charge >= 0.3 is 6.09 Å². The molecule has 0 bridgehead atoms. The Morgan fingerprint density at radius 3 is 2.74 bits per heavy atom. The summed E-state index contributed by atoms with van der Waals surface area (Å²) in [6.07, 6.45) is 5.06. The lowest BCUT2D eigenvalue weighted by Crippen LogP contribution is -2.48. The molecular formula is C28H38FNO5. The Bertz CT molecular complexity index is 939. The number of benzene rings is 2. The highest BCUT2D eigenvalue weighted by Crippen LogP contribution is 2.44. The highest BCUT2D eigenvalue weighted by molar-refractivity contribution is 5.67. The van der Waals surface area contributed by atoms with Crippen molar-refractivity contribution in [2.45, 2.75) is 57.5 Å². The van der Waals surface area contributed by atoms with E-state index >= 15 is 0 Å². The summed E-state index contributed by atoms with van der Waals surface area (Å²) in [6.45, 7) is 4.08. The van der Waals surface area contributed by atoms with Crippen LogP contribution in [0.25, 0.3) is 0 Å². The molecular weight excluding hydrogens is 449 g/mol. The smallest absolute Gasteiger partial charge is 0.409 e. The molecule has 1 aliphatic heterocycles. The Hall–Kier alpha value is -2.64. The molecule has 1 heterocycles. The minimum Gasteiger partial charge on any atom is -0.457 e. The van der Waals surface area contributed by atoms with E-state index in [1.165, 1.54) is 12.1 Å². The molecule has 2 aromatic carbocycles. The molecule has 2 atom stereocenters. The van der Waals surface area contributed by atoms with Crippen LogP contribution in [-0.4, -0.2) is 49.5 Å². The molecule has 0 aliphatic carbocycles. The number of methoxy groups -OCH3 is 1. The molecule has 6 nitrogen and oxygen atoms in total. The quantitative estimate of drug-likeness (QED) is 0.357. The van der Waals surface area contributed by atoms with Crippen molar-refractivity contribution in [3.63, 3.8) is 0 Å². The van der Waals surface area contributed by atoms with Crippen LogP contribution in [0.5, 0.6) is 11.5 Å². The summed E-state index contributed by atoms with van der Waals surface area (Å²) in [5, 5.41) is 12.3. The Kier molecular flexibility index (Phi) is 10.4. The summed E-state index contributed by atoms with van der Waals surface area (Å²) in [6, 6.07) is 13.3. The molecule has 0 radical (unpaired) electrons. The minimum atomic E-state index is -1.24. The van der Waals surface area contributed by atoms with E-state index < -0.39 is 5.60 Å². The highest BCUT2D eigenvalue weighted by atomic mass is 19.1. The summed E-state index contributed by atoms with van der Waals surface area (Å²) >= 11 is 0. The Morgan fingerprint density at radius 2 is 1.97 bits per heavy atom. The average Bonchev–Trinajstić information content (AvgIpc) is 2.87. The van der Waals surface area contributed by atoms with Gasteiger partial charge in [-0.05, 0) is 56.7 Å². The molecule has 1 amide bonds. The van der Waals surface area contributed by atoms with E-state index in [0.717, 1.165) is 38.5 Å². The van der Waals surface area contributed by atoms with E-state index in [1.807, 2.05) is 18.2 Å².